The first-order valence-corrected chi connectivity index (χ1v) is 9.89. The van der Waals surface area contributed by atoms with Crippen LogP contribution in [0.2, 0.25) is 0 Å². The standard InChI is InChI=1S/C20H27N5O/c1-13-15(12-24(2)23-13)11-21-19(26)18-14-6-8-20(18,10-14)17-7-9-22-25(17)16-4-3-5-16/h7,9,12,14,16,18H,3-6,8,10-11H2,1-2H3,(H,21,26). The summed E-state index contributed by atoms with van der Waals surface area (Å²) in [4.78, 5) is 13.1. The molecule has 2 bridgehead atoms. The summed E-state index contributed by atoms with van der Waals surface area (Å²) >= 11 is 0. The van der Waals surface area contributed by atoms with Crippen LogP contribution in [0.4, 0.5) is 0 Å². The highest BCUT2D eigenvalue weighted by Gasteiger charge is 2.64. The van der Waals surface area contributed by atoms with E-state index in [0.717, 1.165) is 24.1 Å². The van der Waals surface area contributed by atoms with E-state index >= 15 is 0 Å². The Balaban J connectivity index is 1.35. The molecule has 4 fully saturated rings. The zero-order valence-corrected chi connectivity index (χ0v) is 15.6. The fourth-order valence-electron chi connectivity index (χ4n) is 5.57. The molecule has 4 aliphatic rings. The van der Waals surface area contributed by atoms with Crippen molar-refractivity contribution >= 4 is 5.91 Å². The number of aromatic nitrogens is 4. The minimum atomic E-state index is 0.0187. The highest BCUT2D eigenvalue weighted by Crippen LogP contribution is 2.64. The summed E-state index contributed by atoms with van der Waals surface area (Å²) < 4.78 is 4.05. The average Bonchev–Trinajstić information content (AvgIpc) is 3.26. The van der Waals surface area contributed by atoms with Gasteiger partial charge in [-0.15, -0.1) is 0 Å². The smallest absolute Gasteiger partial charge is 0.224 e. The number of aryl methyl sites for hydroxylation is 2. The number of nitrogens with one attached hydrogen (secondary N) is 1. The molecule has 0 spiro atoms. The number of fused-ring (bicyclic) bond motifs is 1. The molecule has 0 aliphatic heterocycles. The molecule has 3 atom stereocenters. The third kappa shape index (κ3) is 2.20. The van der Waals surface area contributed by atoms with Gasteiger partial charge in [-0.1, -0.05) is 0 Å². The summed E-state index contributed by atoms with van der Waals surface area (Å²) in [5, 5.41) is 12.2. The predicted octanol–water partition coefficient (Wildman–Crippen LogP) is 2.63. The van der Waals surface area contributed by atoms with Crippen molar-refractivity contribution in [3.8, 4) is 0 Å². The Bertz CT molecular complexity index is 844. The first-order valence-electron chi connectivity index (χ1n) is 9.89. The molecular formula is C20H27N5O. The summed E-state index contributed by atoms with van der Waals surface area (Å²) in [7, 11) is 1.92. The van der Waals surface area contributed by atoms with Crippen LogP contribution < -0.4 is 5.32 Å². The van der Waals surface area contributed by atoms with Gasteiger partial charge in [0.15, 0.2) is 0 Å². The second-order valence-corrected chi connectivity index (χ2v) is 8.51. The van der Waals surface area contributed by atoms with Crippen LogP contribution in [0.15, 0.2) is 18.5 Å². The van der Waals surface area contributed by atoms with Gasteiger partial charge in [0.1, 0.15) is 0 Å². The minimum Gasteiger partial charge on any atom is -0.352 e. The van der Waals surface area contributed by atoms with Gasteiger partial charge in [0.05, 0.1) is 17.7 Å². The molecule has 3 unspecified atom stereocenters. The fourth-order valence-corrected chi connectivity index (χ4v) is 5.57. The minimum absolute atomic E-state index is 0.0187. The highest BCUT2D eigenvalue weighted by molar-refractivity contribution is 5.82. The van der Waals surface area contributed by atoms with E-state index in [-0.39, 0.29) is 17.2 Å². The molecule has 1 N–H and O–H groups in total. The van der Waals surface area contributed by atoms with E-state index in [1.807, 2.05) is 31.0 Å². The number of amides is 1. The number of hydrogen-bond acceptors (Lipinski definition) is 3. The van der Waals surface area contributed by atoms with Crippen molar-refractivity contribution in [1.29, 1.82) is 0 Å². The van der Waals surface area contributed by atoms with E-state index < -0.39 is 0 Å². The average molecular weight is 353 g/mol. The largest absolute Gasteiger partial charge is 0.352 e. The zero-order chi connectivity index (χ0) is 17.9. The molecule has 0 saturated heterocycles. The molecule has 0 radical (unpaired) electrons. The lowest BCUT2D eigenvalue weighted by atomic mass is 9.58. The maximum absolute atomic E-state index is 13.1. The second kappa shape index (κ2) is 5.69. The highest BCUT2D eigenvalue weighted by atomic mass is 16.2. The molecule has 4 aliphatic carbocycles. The van der Waals surface area contributed by atoms with Crippen molar-refractivity contribution in [3.63, 3.8) is 0 Å². The zero-order valence-electron chi connectivity index (χ0n) is 15.6. The van der Waals surface area contributed by atoms with Gasteiger partial charge in [0.2, 0.25) is 5.91 Å². The maximum atomic E-state index is 13.1. The summed E-state index contributed by atoms with van der Waals surface area (Å²) in [5.74, 6) is 0.855. The van der Waals surface area contributed by atoms with Crippen molar-refractivity contribution in [1.82, 2.24) is 24.9 Å². The van der Waals surface area contributed by atoms with Gasteiger partial charge >= 0.3 is 0 Å². The van der Waals surface area contributed by atoms with Crippen LogP contribution in [-0.2, 0) is 23.8 Å². The fraction of sp³-hybridized carbons (Fsp3) is 0.650. The first kappa shape index (κ1) is 16.1. The second-order valence-electron chi connectivity index (χ2n) is 8.51. The van der Waals surface area contributed by atoms with Crippen LogP contribution in [0.3, 0.4) is 0 Å². The Kier molecular flexibility index (Phi) is 3.52. The normalized spacial score (nSPS) is 30.1. The van der Waals surface area contributed by atoms with Crippen molar-refractivity contribution in [2.75, 3.05) is 0 Å². The van der Waals surface area contributed by atoms with E-state index in [0.29, 0.717) is 18.5 Å². The SMILES string of the molecule is Cc1nn(C)cc1CNC(=O)C1C2CCC1(c1ccnn1C1CCC1)C2. The molecule has 4 saturated carbocycles. The first-order chi connectivity index (χ1) is 12.6. The van der Waals surface area contributed by atoms with Crippen molar-refractivity contribution in [3.05, 3.63) is 35.4 Å². The van der Waals surface area contributed by atoms with Gasteiger partial charge in [-0.3, -0.25) is 14.2 Å². The van der Waals surface area contributed by atoms with Gasteiger partial charge in [-0.25, -0.2) is 0 Å². The lowest BCUT2D eigenvalue weighted by Crippen LogP contribution is -2.53. The molecule has 138 valence electrons. The van der Waals surface area contributed by atoms with Crippen molar-refractivity contribution < 1.29 is 4.79 Å². The Labute approximate surface area is 154 Å². The molecular weight excluding hydrogens is 326 g/mol. The van der Waals surface area contributed by atoms with Crippen LogP contribution in [-0.4, -0.2) is 25.5 Å². The molecule has 1 amide bonds. The summed E-state index contributed by atoms with van der Waals surface area (Å²) in [5.41, 5.74) is 3.42. The summed E-state index contributed by atoms with van der Waals surface area (Å²) in [6.45, 7) is 2.56. The van der Waals surface area contributed by atoms with Crippen molar-refractivity contribution in [2.24, 2.45) is 18.9 Å². The topological polar surface area (TPSA) is 64.7 Å². The van der Waals surface area contributed by atoms with E-state index in [1.165, 1.54) is 31.4 Å². The molecule has 6 nitrogen and oxygen atoms in total. The lowest BCUT2D eigenvalue weighted by Gasteiger charge is -2.47. The third-order valence-electron chi connectivity index (χ3n) is 7.11. The van der Waals surface area contributed by atoms with Crippen molar-refractivity contribution in [2.45, 2.75) is 63.5 Å². The Morgan fingerprint density at radius 3 is 2.88 bits per heavy atom. The Morgan fingerprint density at radius 2 is 2.23 bits per heavy atom. The van der Waals surface area contributed by atoms with Gasteiger partial charge in [0, 0.05) is 42.7 Å². The number of rotatable bonds is 5. The lowest BCUT2D eigenvalue weighted by molar-refractivity contribution is -0.133. The van der Waals surface area contributed by atoms with Gasteiger partial charge in [0.25, 0.3) is 0 Å². The molecule has 6 heteroatoms. The molecule has 2 aromatic rings. The summed E-state index contributed by atoms with van der Waals surface area (Å²) in [6, 6.07) is 2.72. The molecule has 2 heterocycles. The maximum Gasteiger partial charge on any atom is 0.224 e. The van der Waals surface area contributed by atoms with E-state index in [2.05, 4.69) is 26.3 Å². The van der Waals surface area contributed by atoms with Gasteiger partial charge in [-0.05, 0) is 57.4 Å². The number of carbonyl (C=O) groups excluding carboxylic acids is 1. The van der Waals surface area contributed by atoms with E-state index in [9.17, 15) is 4.79 Å². The third-order valence-corrected chi connectivity index (χ3v) is 7.11. The van der Waals surface area contributed by atoms with E-state index in [1.54, 1.807) is 0 Å². The molecule has 26 heavy (non-hydrogen) atoms. The van der Waals surface area contributed by atoms with Crippen LogP contribution in [0.1, 0.15) is 61.5 Å². The molecule has 2 aromatic heterocycles. The molecule has 0 aromatic carbocycles. The van der Waals surface area contributed by atoms with Crippen LogP contribution in [0.5, 0.6) is 0 Å². The number of carbonyl (C=O) groups is 1. The van der Waals surface area contributed by atoms with Crippen LogP contribution >= 0.6 is 0 Å². The Morgan fingerprint density at radius 1 is 1.38 bits per heavy atom. The van der Waals surface area contributed by atoms with E-state index in [4.69, 9.17) is 0 Å². The predicted molar refractivity (Wildman–Crippen MR) is 97.4 cm³/mol. The van der Waals surface area contributed by atoms with Gasteiger partial charge < -0.3 is 5.32 Å². The number of nitrogens with zero attached hydrogens (tertiary/aromatic N) is 4. The number of hydrogen-bond donors (Lipinski definition) is 1. The van der Waals surface area contributed by atoms with Gasteiger partial charge in [-0.2, -0.15) is 10.2 Å². The van der Waals surface area contributed by atoms with Crippen LogP contribution in [0.25, 0.3) is 0 Å². The summed E-state index contributed by atoms with van der Waals surface area (Å²) in [6.07, 6.45) is 11.1. The molecule has 6 rings (SSSR count). The Hall–Kier alpha value is -2.11. The monoisotopic (exact) mass is 353 g/mol. The quantitative estimate of drug-likeness (QED) is 0.899. The van der Waals surface area contributed by atoms with Crippen LogP contribution in [0, 0.1) is 18.8 Å².